The molecule has 8 heteroatoms. The number of carbonyl (C=O) groups excluding carboxylic acids is 1. The second kappa shape index (κ2) is 8.29. The lowest BCUT2D eigenvalue weighted by atomic mass is 10.1. The Hall–Kier alpha value is -2.87. The van der Waals surface area contributed by atoms with Crippen LogP contribution in [0.15, 0.2) is 59.8 Å². The zero-order valence-electron chi connectivity index (χ0n) is 12.9. The van der Waals surface area contributed by atoms with Gasteiger partial charge < -0.3 is 15.3 Å². The lowest BCUT2D eigenvalue weighted by Gasteiger charge is -2.09. The zero-order valence-corrected chi connectivity index (χ0v) is 12.9. The first kappa shape index (κ1) is 18.5. The van der Waals surface area contributed by atoms with E-state index in [1.165, 1.54) is 12.1 Å². The van der Waals surface area contributed by atoms with E-state index in [1.54, 1.807) is 30.3 Å². The number of benzene rings is 2. The lowest BCUT2D eigenvalue weighted by Crippen LogP contribution is -2.14. The van der Waals surface area contributed by atoms with Crippen molar-refractivity contribution in [1.82, 2.24) is 0 Å². The molecule has 132 valence electrons. The fourth-order valence-corrected chi connectivity index (χ4v) is 1.92. The van der Waals surface area contributed by atoms with Gasteiger partial charge in [0.1, 0.15) is 18.9 Å². The molecule has 0 heterocycles. The smallest absolute Gasteiger partial charge is 0.393 e. The van der Waals surface area contributed by atoms with Crippen molar-refractivity contribution in [3.05, 3.63) is 65.7 Å². The maximum Gasteiger partial charge on any atom is 0.416 e. The fraction of sp³-hybridized carbons (Fsp3) is 0.176. The van der Waals surface area contributed by atoms with Crippen molar-refractivity contribution in [1.29, 1.82) is 0 Å². The summed E-state index contributed by atoms with van der Waals surface area (Å²) in [6.45, 7) is -0.169. The van der Waals surface area contributed by atoms with Crippen LogP contribution in [0, 0.1) is 0 Å². The van der Waals surface area contributed by atoms with Gasteiger partial charge in [-0.3, -0.25) is 4.79 Å². The summed E-state index contributed by atoms with van der Waals surface area (Å²) in [6, 6.07) is 12.9. The zero-order chi connectivity index (χ0) is 18.3. The van der Waals surface area contributed by atoms with Gasteiger partial charge in [-0.2, -0.15) is 13.2 Å². The molecule has 1 unspecified atom stereocenters. The number of hydrogen-bond donors (Lipinski definition) is 2. The highest BCUT2D eigenvalue weighted by Gasteiger charge is 2.30. The highest BCUT2D eigenvalue weighted by atomic mass is 19.4. The van der Waals surface area contributed by atoms with Crippen LogP contribution in [0.25, 0.3) is 0 Å². The molecule has 0 saturated heterocycles. The second-order valence-electron chi connectivity index (χ2n) is 5.02. The minimum atomic E-state index is -4.49. The van der Waals surface area contributed by atoms with Gasteiger partial charge in [-0.25, -0.2) is 0 Å². The quantitative estimate of drug-likeness (QED) is 0.618. The molecule has 2 aromatic rings. The van der Waals surface area contributed by atoms with Gasteiger partial charge in [0.15, 0.2) is 0 Å². The molecule has 0 spiro atoms. The summed E-state index contributed by atoms with van der Waals surface area (Å²) in [5.41, 5.74) is -0.258. The molecule has 2 aromatic carbocycles. The molecule has 0 saturated carbocycles. The third-order valence-corrected chi connectivity index (χ3v) is 3.12. The largest absolute Gasteiger partial charge is 0.416 e. The first-order valence-electron chi connectivity index (χ1n) is 7.23. The van der Waals surface area contributed by atoms with E-state index in [1.807, 2.05) is 0 Å². The molecule has 25 heavy (non-hydrogen) atoms. The Morgan fingerprint density at radius 2 is 1.92 bits per heavy atom. The van der Waals surface area contributed by atoms with E-state index >= 15 is 0 Å². The Kier molecular flexibility index (Phi) is 6.13. The number of amides is 1. The molecule has 2 rings (SSSR count). The Morgan fingerprint density at radius 3 is 2.60 bits per heavy atom. The van der Waals surface area contributed by atoms with E-state index in [0.29, 0.717) is 5.56 Å². The molecule has 0 bridgehead atoms. The molecule has 0 fully saturated rings. The number of aliphatic hydroxyl groups is 1. The summed E-state index contributed by atoms with van der Waals surface area (Å²) in [5.74, 6) is -0.756. The van der Waals surface area contributed by atoms with Crippen LogP contribution in [0.4, 0.5) is 18.9 Å². The summed E-state index contributed by atoms with van der Waals surface area (Å²) in [7, 11) is 0. The van der Waals surface area contributed by atoms with Crippen molar-refractivity contribution in [2.24, 2.45) is 5.16 Å². The number of oxime groups is 1. The predicted octanol–water partition coefficient (Wildman–Crippen LogP) is 3.38. The van der Waals surface area contributed by atoms with Crippen molar-refractivity contribution in [2.75, 3.05) is 11.9 Å². The Bertz CT molecular complexity index is 733. The monoisotopic (exact) mass is 352 g/mol. The van der Waals surface area contributed by atoms with Crippen LogP contribution in [-0.4, -0.2) is 23.8 Å². The van der Waals surface area contributed by atoms with E-state index < -0.39 is 23.8 Å². The van der Waals surface area contributed by atoms with Crippen molar-refractivity contribution >= 4 is 17.8 Å². The number of hydrogen-bond acceptors (Lipinski definition) is 4. The molecule has 0 radical (unpaired) electrons. The van der Waals surface area contributed by atoms with Gasteiger partial charge in [-0.1, -0.05) is 41.6 Å². The molecule has 0 aliphatic heterocycles. The van der Waals surface area contributed by atoms with Crippen LogP contribution in [-0.2, 0) is 15.8 Å². The predicted molar refractivity (Wildman–Crippen MR) is 85.9 cm³/mol. The van der Waals surface area contributed by atoms with Crippen LogP contribution in [0.3, 0.4) is 0 Å². The Labute approximate surface area is 141 Å². The van der Waals surface area contributed by atoms with Crippen LogP contribution in [0.1, 0.15) is 17.2 Å². The van der Waals surface area contributed by atoms with E-state index in [-0.39, 0.29) is 12.3 Å². The maximum absolute atomic E-state index is 12.6. The summed E-state index contributed by atoms with van der Waals surface area (Å²) in [6.07, 6.45) is -4.63. The first-order chi connectivity index (χ1) is 11.9. The molecule has 1 atom stereocenters. The first-order valence-corrected chi connectivity index (χ1v) is 7.23. The Balaban J connectivity index is 1.83. The maximum atomic E-state index is 12.6. The third-order valence-electron chi connectivity index (χ3n) is 3.12. The van der Waals surface area contributed by atoms with Gasteiger partial charge in [0.25, 0.3) is 5.91 Å². The third kappa shape index (κ3) is 5.92. The summed E-state index contributed by atoms with van der Waals surface area (Å²) < 4.78 is 37.8. The van der Waals surface area contributed by atoms with E-state index in [0.717, 1.165) is 18.3 Å². The van der Waals surface area contributed by atoms with Gasteiger partial charge in [0.05, 0.1) is 5.56 Å². The highest BCUT2D eigenvalue weighted by molar-refractivity contribution is 6.31. The molecule has 5 nitrogen and oxygen atoms in total. The fourth-order valence-electron chi connectivity index (χ4n) is 1.92. The van der Waals surface area contributed by atoms with Crippen LogP contribution in [0.2, 0.25) is 0 Å². The number of alkyl halides is 3. The standard InChI is InChI=1S/C17H15F3N2O3/c18-17(19,20)13-7-4-8-14(9-13)22-16(24)10-21-25-11-15(23)12-5-2-1-3-6-12/h1-10,15,23H,11H2,(H,22,24)/b21-10+. The van der Waals surface area contributed by atoms with Crippen LogP contribution in [0.5, 0.6) is 0 Å². The number of rotatable bonds is 6. The lowest BCUT2D eigenvalue weighted by molar-refractivity contribution is -0.137. The highest BCUT2D eigenvalue weighted by Crippen LogP contribution is 2.30. The molecule has 2 N–H and O–H groups in total. The van der Waals surface area contributed by atoms with Gasteiger partial charge >= 0.3 is 6.18 Å². The van der Waals surface area contributed by atoms with E-state index in [4.69, 9.17) is 4.84 Å². The molecular weight excluding hydrogens is 337 g/mol. The average Bonchev–Trinajstić information content (AvgIpc) is 2.59. The number of carbonyl (C=O) groups is 1. The van der Waals surface area contributed by atoms with E-state index in [2.05, 4.69) is 10.5 Å². The van der Waals surface area contributed by atoms with Crippen LogP contribution >= 0.6 is 0 Å². The summed E-state index contributed by atoms with van der Waals surface area (Å²) in [4.78, 5) is 16.4. The van der Waals surface area contributed by atoms with Gasteiger partial charge in [0.2, 0.25) is 0 Å². The topological polar surface area (TPSA) is 70.9 Å². The van der Waals surface area contributed by atoms with E-state index in [9.17, 15) is 23.1 Å². The second-order valence-corrected chi connectivity index (χ2v) is 5.02. The molecule has 0 aliphatic carbocycles. The molecular formula is C17H15F3N2O3. The Morgan fingerprint density at radius 1 is 1.20 bits per heavy atom. The minimum Gasteiger partial charge on any atom is -0.393 e. The number of anilines is 1. The van der Waals surface area contributed by atoms with Gasteiger partial charge in [0, 0.05) is 5.69 Å². The number of nitrogens with one attached hydrogen (secondary N) is 1. The summed E-state index contributed by atoms with van der Waals surface area (Å²) in [5, 5.41) is 15.5. The van der Waals surface area contributed by atoms with Gasteiger partial charge in [-0.05, 0) is 23.8 Å². The van der Waals surface area contributed by atoms with Crippen LogP contribution < -0.4 is 5.32 Å². The SMILES string of the molecule is O=C(/C=N/OCC(O)c1ccccc1)Nc1cccc(C(F)(F)F)c1. The van der Waals surface area contributed by atoms with Crippen molar-refractivity contribution in [3.8, 4) is 0 Å². The van der Waals surface area contributed by atoms with Crippen molar-refractivity contribution in [3.63, 3.8) is 0 Å². The minimum absolute atomic E-state index is 0.0180. The normalized spacial score (nSPS) is 12.8. The number of aliphatic hydroxyl groups excluding tert-OH is 1. The summed E-state index contributed by atoms with van der Waals surface area (Å²) >= 11 is 0. The number of nitrogens with zero attached hydrogens (tertiary/aromatic N) is 1. The molecule has 1 amide bonds. The van der Waals surface area contributed by atoms with Gasteiger partial charge in [-0.15, -0.1) is 0 Å². The molecule has 0 aliphatic rings. The van der Waals surface area contributed by atoms with Crippen molar-refractivity contribution < 1.29 is 27.9 Å². The van der Waals surface area contributed by atoms with Crippen molar-refractivity contribution in [2.45, 2.75) is 12.3 Å². The number of halogens is 3. The average molecular weight is 352 g/mol. The molecule has 0 aromatic heterocycles.